The standard InChI is InChI=1S/C10H7F5O/c1-5(16)7-3-2-6(9(11)12)4-8(7)10(13,14)15/h2-4,9H,1H3. The van der Waals surface area contributed by atoms with Crippen molar-refractivity contribution in [2.45, 2.75) is 19.5 Å². The highest BCUT2D eigenvalue weighted by Gasteiger charge is 2.35. The molecule has 0 aliphatic rings. The number of Topliss-reactive ketones (excluding diaryl/α,β-unsaturated/α-hetero) is 1. The molecule has 88 valence electrons. The van der Waals surface area contributed by atoms with Crippen molar-refractivity contribution in [2.75, 3.05) is 0 Å². The minimum absolute atomic E-state index is 0.307. The lowest BCUT2D eigenvalue weighted by atomic mass is 10.0. The van der Waals surface area contributed by atoms with Gasteiger partial charge >= 0.3 is 6.18 Å². The fraction of sp³-hybridized carbons (Fsp3) is 0.300. The first kappa shape index (κ1) is 12.6. The molecular formula is C10H7F5O. The summed E-state index contributed by atoms with van der Waals surface area (Å²) in [6.45, 7) is 0.951. The third kappa shape index (κ3) is 2.56. The highest BCUT2D eigenvalue weighted by molar-refractivity contribution is 5.95. The van der Waals surface area contributed by atoms with E-state index in [9.17, 15) is 26.7 Å². The van der Waals surface area contributed by atoms with E-state index in [2.05, 4.69) is 0 Å². The zero-order chi connectivity index (χ0) is 12.5. The van der Waals surface area contributed by atoms with Crippen LogP contribution in [-0.2, 0) is 6.18 Å². The Morgan fingerprint density at radius 1 is 1.25 bits per heavy atom. The number of rotatable bonds is 2. The molecule has 0 aliphatic heterocycles. The van der Waals surface area contributed by atoms with Gasteiger partial charge in [0.15, 0.2) is 5.78 Å². The van der Waals surface area contributed by atoms with Crippen molar-refractivity contribution in [2.24, 2.45) is 0 Å². The largest absolute Gasteiger partial charge is 0.417 e. The number of carbonyl (C=O) groups excluding carboxylic acids is 1. The third-order valence-corrected chi connectivity index (χ3v) is 1.98. The van der Waals surface area contributed by atoms with Gasteiger partial charge in [0.1, 0.15) is 0 Å². The molecule has 1 aromatic carbocycles. The molecule has 0 aliphatic carbocycles. The fourth-order valence-electron chi connectivity index (χ4n) is 1.24. The van der Waals surface area contributed by atoms with Crippen molar-refractivity contribution in [3.05, 3.63) is 34.9 Å². The van der Waals surface area contributed by atoms with Crippen LogP contribution in [0.3, 0.4) is 0 Å². The van der Waals surface area contributed by atoms with Crippen molar-refractivity contribution in [3.63, 3.8) is 0 Å². The molecule has 16 heavy (non-hydrogen) atoms. The van der Waals surface area contributed by atoms with Gasteiger partial charge in [-0.15, -0.1) is 0 Å². The molecule has 0 radical (unpaired) electrons. The molecule has 0 saturated carbocycles. The normalized spacial score (nSPS) is 11.9. The summed E-state index contributed by atoms with van der Waals surface area (Å²) in [5, 5.41) is 0. The Kier molecular flexibility index (Phi) is 3.30. The predicted molar refractivity (Wildman–Crippen MR) is 46.4 cm³/mol. The zero-order valence-corrected chi connectivity index (χ0v) is 8.11. The zero-order valence-electron chi connectivity index (χ0n) is 8.11. The molecule has 0 spiro atoms. The summed E-state index contributed by atoms with van der Waals surface area (Å²) in [5.41, 5.74) is -2.67. The van der Waals surface area contributed by atoms with Crippen LogP contribution in [0.1, 0.15) is 34.8 Å². The number of hydrogen-bond donors (Lipinski definition) is 0. The number of carbonyl (C=O) groups is 1. The van der Waals surface area contributed by atoms with Crippen LogP contribution in [0.5, 0.6) is 0 Å². The van der Waals surface area contributed by atoms with Gasteiger partial charge in [0, 0.05) is 11.1 Å². The van der Waals surface area contributed by atoms with Crippen LogP contribution in [0.25, 0.3) is 0 Å². The Labute approximate surface area is 87.9 Å². The predicted octanol–water partition coefficient (Wildman–Crippen LogP) is 3.85. The average Bonchev–Trinajstić information content (AvgIpc) is 2.15. The maximum absolute atomic E-state index is 12.5. The van der Waals surface area contributed by atoms with Crippen molar-refractivity contribution in [3.8, 4) is 0 Å². The van der Waals surface area contributed by atoms with Gasteiger partial charge in [-0.25, -0.2) is 8.78 Å². The van der Waals surface area contributed by atoms with Gasteiger partial charge in [0.25, 0.3) is 6.43 Å². The Balaban J connectivity index is 3.39. The third-order valence-electron chi connectivity index (χ3n) is 1.98. The van der Waals surface area contributed by atoms with Crippen molar-refractivity contribution >= 4 is 5.78 Å². The smallest absolute Gasteiger partial charge is 0.294 e. The van der Waals surface area contributed by atoms with Gasteiger partial charge in [-0.1, -0.05) is 12.1 Å². The number of alkyl halides is 5. The lowest BCUT2D eigenvalue weighted by Gasteiger charge is -2.12. The van der Waals surface area contributed by atoms with E-state index in [1.807, 2.05) is 0 Å². The van der Waals surface area contributed by atoms with E-state index in [4.69, 9.17) is 0 Å². The summed E-state index contributed by atoms with van der Waals surface area (Å²) < 4.78 is 61.8. The van der Waals surface area contributed by atoms with Crippen LogP contribution in [0.15, 0.2) is 18.2 Å². The van der Waals surface area contributed by atoms with E-state index in [-0.39, 0.29) is 0 Å². The number of ketones is 1. The van der Waals surface area contributed by atoms with Crippen molar-refractivity contribution in [1.82, 2.24) is 0 Å². The van der Waals surface area contributed by atoms with Crippen LogP contribution < -0.4 is 0 Å². The molecule has 0 bridgehead atoms. The van der Waals surface area contributed by atoms with Gasteiger partial charge in [-0.2, -0.15) is 13.2 Å². The molecule has 0 aromatic heterocycles. The maximum atomic E-state index is 12.5. The average molecular weight is 238 g/mol. The molecule has 0 saturated heterocycles. The SMILES string of the molecule is CC(=O)c1ccc(C(F)F)cc1C(F)(F)F. The lowest BCUT2D eigenvalue weighted by Crippen LogP contribution is -2.12. The first-order chi connectivity index (χ1) is 7.23. The van der Waals surface area contributed by atoms with Gasteiger partial charge in [0.05, 0.1) is 5.56 Å². The Hall–Kier alpha value is -1.46. The molecule has 6 heteroatoms. The van der Waals surface area contributed by atoms with Crippen LogP contribution >= 0.6 is 0 Å². The van der Waals surface area contributed by atoms with Gasteiger partial charge in [-0.3, -0.25) is 4.79 Å². The van der Waals surface area contributed by atoms with Crippen LogP contribution in [0.4, 0.5) is 22.0 Å². The van der Waals surface area contributed by atoms with Crippen LogP contribution in [-0.4, -0.2) is 5.78 Å². The topological polar surface area (TPSA) is 17.1 Å². The highest BCUT2D eigenvalue weighted by Crippen LogP contribution is 2.34. The molecular weight excluding hydrogens is 231 g/mol. The summed E-state index contributed by atoms with van der Waals surface area (Å²) >= 11 is 0. The fourth-order valence-corrected chi connectivity index (χ4v) is 1.24. The Morgan fingerprint density at radius 3 is 2.19 bits per heavy atom. The summed E-state index contributed by atoms with van der Waals surface area (Å²) in [4.78, 5) is 10.9. The number of halogens is 5. The molecule has 0 N–H and O–H groups in total. The minimum atomic E-state index is -4.81. The summed E-state index contributed by atoms with van der Waals surface area (Å²) in [6, 6.07) is 1.89. The van der Waals surface area contributed by atoms with Crippen LogP contribution in [0, 0.1) is 0 Å². The first-order valence-electron chi connectivity index (χ1n) is 4.23. The van der Waals surface area contributed by atoms with E-state index in [1.54, 1.807) is 0 Å². The van der Waals surface area contributed by atoms with Gasteiger partial charge < -0.3 is 0 Å². The van der Waals surface area contributed by atoms with Crippen LogP contribution in [0.2, 0.25) is 0 Å². The first-order valence-corrected chi connectivity index (χ1v) is 4.23. The van der Waals surface area contributed by atoms with Gasteiger partial charge in [-0.05, 0) is 13.0 Å². The molecule has 0 unspecified atom stereocenters. The molecule has 0 atom stereocenters. The minimum Gasteiger partial charge on any atom is -0.294 e. The quantitative estimate of drug-likeness (QED) is 0.565. The number of benzene rings is 1. The van der Waals surface area contributed by atoms with E-state index < -0.39 is 35.1 Å². The second-order valence-electron chi connectivity index (χ2n) is 3.16. The van der Waals surface area contributed by atoms with Crippen molar-refractivity contribution in [1.29, 1.82) is 0 Å². The summed E-state index contributed by atoms with van der Waals surface area (Å²) in [5.74, 6) is -0.812. The molecule has 0 amide bonds. The lowest BCUT2D eigenvalue weighted by molar-refractivity contribution is -0.138. The summed E-state index contributed by atoms with van der Waals surface area (Å²) in [6.07, 6.45) is -7.81. The van der Waals surface area contributed by atoms with E-state index >= 15 is 0 Å². The van der Waals surface area contributed by atoms with Crippen molar-refractivity contribution < 1.29 is 26.7 Å². The maximum Gasteiger partial charge on any atom is 0.417 e. The molecule has 1 rings (SSSR count). The van der Waals surface area contributed by atoms with E-state index in [1.165, 1.54) is 0 Å². The highest BCUT2D eigenvalue weighted by atomic mass is 19.4. The monoisotopic (exact) mass is 238 g/mol. The summed E-state index contributed by atoms with van der Waals surface area (Å²) in [7, 11) is 0. The Bertz CT molecular complexity index is 408. The Morgan fingerprint density at radius 2 is 1.81 bits per heavy atom. The molecule has 0 heterocycles. The molecule has 1 nitrogen and oxygen atoms in total. The second-order valence-corrected chi connectivity index (χ2v) is 3.16. The van der Waals surface area contributed by atoms with E-state index in [0.717, 1.165) is 19.1 Å². The van der Waals surface area contributed by atoms with Gasteiger partial charge in [0.2, 0.25) is 0 Å². The second kappa shape index (κ2) is 4.19. The molecule has 0 fully saturated rings. The van der Waals surface area contributed by atoms with E-state index in [0.29, 0.717) is 6.07 Å². The molecule has 1 aromatic rings. The number of hydrogen-bond acceptors (Lipinski definition) is 1.